The first-order chi connectivity index (χ1) is 11.3. The first-order valence-electron chi connectivity index (χ1n) is 7.74. The maximum absolute atomic E-state index is 12.5. The minimum atomic E-state index is -3.74. The third kappa shape index (κ3) is 3.74. The van der Waals surface area contributed by atoms with Crippen molar-refractivity contribution in [3.8, 4) is 0 Å². The van der Waals surface area contributed by atoms with Gasteiger partial charge in [0, 0.05) is 16.8 Å². The summed E-state index contributed by atoms with van der Waals surface area (Å²) in [6.07, 6.45) is 4.05. The highest BCUT2D eigenvalue weighted by molar-refractivity contribution is 7.93. The lowest BCUT2D eigenvalue weighted by molar-refractivity contribution is 0.0474. The number of hydrogen-bond acceptors (Lipinski definition) is 5. The van der Waals surface area contributed by atoms with Gasteiger partial charge in [-0.15, -0.1) is 11.3 Å². The van der Waals surface area contributed by atoms with Crippen LogP contribution in [0.1, 0.15) is 36.9 Å². The van der Waals surface area contributed by atoms with E-state index in [1.807, 2.05) is 0 Å². The van der Waals surface area contributed by atoms with Crippen LogP contribution in [0.5, 0.6) is 0 Å². The Hall–Kier alpha value is -1.15. The number of hydrogen-bond donors (Lipinski definition) is 2. The Bertz CT molecular complexity index is 843. The van der Waals surface area contributed by atoms with Crippen LogP contribution < -0.4 is 4.72 Å². The van der Waals surface area contributed by atoms with Gasteiger partial charge in [-0.1, -0.05) is 30.5 Å². The number of rotatable bonds is 5. The maximum Gasteiger partial charge on any atom is 0.263 e. The third-order valence-electron chi connectivity index (χ3n) is 4.33. The van der Waals surface area contributed by atoms with Crippen molar-refractivity contribution < 1.29 is 13.5 Å². The monoisotopic (exact) mass is 386 g/mol. The molecule has 24 heavy (non-hydrogen) atoms. The molecule has 8 heteroatoms. The van der Waals surface area contributed by atoms with Crippen molar-refractivity contribution in [3.63, 3.8) is 0 Å². The van der Waals surface area contributed by atoms with E-state index in [4.69, 9.17) is 11.6 Å². The van der Waals surface area contributed by atoms with Crippen molar-refractivity contribution in [1.29, 1.82) is 0 Å². The fraction of sp³-hybridized carbons (Fsp3) is 0.438. The fourth-order valence-electron chi connectivity index (χ4n) is 3.03. The van der Waals surface area contributed by atoms with Gasteiger partial charge in [0.25, 0.3) is 10.0 Å². The van der Waals surface area contributed by atoms with Gasteiger partial charge < -0.3 is 5.11 Å². The van der Waals surface area contributed by atoms with Crippen molar-refractivity contribution in [2.24, 2.45) is 0 Å². The van der Waals surface area contributed by atoms with Gasteiger partial charge >= 0.3 is 0 Å². The Morgan fingerprint density at radius 3 is 2.79 bits per heavy atom. The van der Waals surface area contributed by atoms with Gasteiger partial charge in [0.15, 0.2) is 5.13 Å². The lowest BCUT2D eigenvalue weighted by atomic mass is 9.97. The normalized spacial score (nSPS) is 17.1. The topological polar surface area (TPSA) is 79.3 Å². The molecule has 0 unspecified atom stereocenters. The standard InChI is InChI=1S/C16H19ClN2O3S2/c1-11-13(17)5-4-6-14(11)24(21,22)19-15-18-12(10-23-15)9-16(20)7-2-3-8-16/h4-6,10,20H,2-3,7-9H2,1H3,(H,18,19). The zero-order valence-electron chi connectivity index (χ0n) is 13.3. The molecule has 5 nitrogen and oxygen atoms in total. The van der Waals surface area contributed by atoms with Crippen molar-refractivity contribution >= 4 is 38.1 Å². The second-order valence-electron chi connectivity index (χ2n) is 6.22. The molecule has 3 rings (SSSR count). The van der Waals surface area contributed by atoms with Crippen LogP contribution in [0.15, 0.2) is 28.5 Å². The van der Waals surface area contributed by atoms with Gasteiger partial charge in [-0.05, 0) is 37.5 Å². The Morgan fingerprint density at radius 2 is 2.08 bits per heavy atom. The summed E-state index contributed by atoms with van der Waals surface area (Å²) in [7, 11) is -3.74. The predicted molar refractivity (Wildman–Crippen MR) is 96.2 cm³/mol. The van der Waals surface area contributed by atoms with Crippen LogP contribution in [-0.2, 0) is 16.4 Å². The maximum atomic E-state index is 12.5. The molecule has 0 aliphatic heterocycles. The largest absolute Gasteiger partial charge is 0.389 e. The highest BCUT2D eigenvalue weighted by Gasteiger charge is 2.32. The van der Waals surface area contributed by atoms with E-state index in [1.54, 1.807) is 24.4 Å². The number of aromatic nitrogens is 1. The first-order valence-corrected chi connectivity index (χ1v) is 10.5. The van der Waals surface area contributed by atoms with Gasteiger partial charge in [0.1, 0.15) is 0 Å². The lowest BCUT2D eigenvalue weighted by Crippen LogP contribution is -2.27. The van der Waals surface area contributed by atoms with Crippen molar-refractivity contribution in [2.45, 2.75) is 49.5 Å². The number of nitrogens with one attached hydrogen (secondary N) is 1. The fourth-order valence-corrected chi connectivity index (χ4v) is 5.49. The van der Waals surface area contributed by atoms with Crippen LogP contribution in [0.25, 0.3) is 0 Å². The Labute approximate surface area is 150 Å². The van der Waals surface area contributed by atoms with Gasteiger partial charge in [0.2, 0.25) is 0 Å². The molecule has 1 saturated carbocycles. The number of halogens is 1. The number of benzene rings is 1. The molecule has 0 radical (unpaired) electrons. The number of thiazole rings is 1. The van der Waals surface area contributed by atoms with Gasteiger partial charge in [-0.2, -0.15) is 0 Å². The van der Waals surface area contributed by atoms with Crippen LogP contribution in [0.4, 0.5) is 5.13 Å². The smallest absolute Gasteiger partial charge is 0.263 e. The van der Waals surface area contributed by atoms with E-state index in [-0.39, 0.29) is 4.90 Å². The SMILES string of the molecule is Cc1c(Cl)cccc1S(=O)(=O)Nc1nc(CC2(O)CCCC2)cs1. The van der Waals surface area contributed by atoms with E-state index in [9.17, 15) is 13.5 Å². The van der Waals surface area contributed by atoms with E-state index in [1.165, 1.54) is 17.4 Å². The molecule has 1 aromatic heterocycles. The van der Waals surface area contributed by atoms with Crippen molar-refractivity contribution in [3.05, 3.63) is 39.9 Å². The molecule has 2 N–H and O–H groups in total. The Balaban J connectivity index is 1.77. The lowest BCUT2D eigenvalue weighted by Gasteiger charge is -2.20. The average Bonchev–Trinajstić information content (AvgIpc) is 3.11. The van der Waals surface area contributed by atoms with E-state index in [0.717, 1.165) is 25.7 Å². The Kier molecular flexibility index (Phi) is 4.88. The van der Waals surface area contributed by atoms with Crippen LogP contribution in [-0.4, -0.2) is 24.1 Å². The molecule has 1 fully saturated rings. The molecule has 0 saturated heterocycles. The zero-order valence-corrected chi connectivity index (χ0v) is 15.6. The summed E-state index contributed by atoms with van der Waals surface area (Å²) in [5, 5.41) is 12.9. The molecule has 1 aromatic carbocycles. The van der Waals surface area contributed by atoms with Crippen molar-refractivity contribution in [2.75, 3.05) is 4.72 Å². The molecular weight excluding hydrogens is 368 g/mol. The highest BCUT2D eigenvalue weighted by atomic mass is 35.5. The van der Waals surface area contributed by atoms with E-state index in [0.29, 0.717) is 27.8 Å². The molecule has 0 atom stereocenters. The second kappa shape index (κ2) is 6.63. The minimum absolute atomic E-state index is 0.140. The predicted octanol–water partition coefficient (Wildman–Crippen LogP) is 3.75. The molecule has 0 spiro atoms. The van der Waals surface area contributed by atoms with Crippen LogP contribution in [0, 0.1) is 6.92 Å². The number of sulfonamides is 1. The molecule has 130 valence electrons. The summed E-state index contributed by atoms with van der Waals surface area (Å²) in [4.78, 5) is 4.46. The summed E-state index contributed by atoms with van der Waals surface area (Å²) in [5.74, 6) is 0. The average molecular weight is 387 g/mol. The quantitative estimate of drug-likeness (QED) is 0.820. The number of nitrogens with zero attached hydrogens (tertiary/aromatic N) is 1. The summed E-state index contributed by atoms with van der Waals surface area (Å²) < 4.78 is 27.6. The molecule has 0 amide bonds. The van der Waals surface area contributed by atoms with Crippen molar-refractivity contribution in [1.82, 2.24) is 4.98 Å². The zero-order chi connectivity index (χ0) is 17.4. The molecule has 1 aliphatic rings. The summed E-state index contributed by atoms with van der Waals surface area (Å²) >= 11 is 7.22. The van der Waals surface area contributed by atoms with Crippen LogP contribution in [0.2, 0.25) is 5.02 Å². The molecule has 2 aromatic rings. The van der Waals surface area contributed by atoms with Crippen LogP contribution in [0.3, 0.4) is 0 Å². The number of anilines is 1. The second-order valence-corrected chi connectivity index (χ2v) is 9.14. The Morgan fingerprint density at radius 1 is 1.38 bits per heavy atom. The molecule has 1 heterocycles. The van der Waals surface area contributed by atoms with Gasteiger partial charge in [-0.25, -0.2) is 13.4 Å². The van der Waals surface area contributed by atoms with E-state index < -0.39 is 15.6 Å². The van der Waals surface area contributed by atoms with E-state index >= 15 is 0 Å². The molecule has 0 bridgehead atoms. The molecule has 1 aliphatic carbocycles. The summed E-state index contributed by atoms with van der Waals surface area (Å²) in [6.45, 7) is 1.67. The van der Waals surface area contributed by atoms with Crippen LogP contribution >= 0.6 is 22.9 Å². The third-order valence-corrected chi connectivity index (χ3v) is 7.15. The van der Waals surface area contributed by atoms with Gasteiger partial charge in [0.05, 0.1) is 16.2 Å². The van der Waals surface area contributed by atoms with E-state index in [2.05, 4.69) is 9.71 Å². The summed E-state index contributed by atoms with van der Waals surface area (Å²) in [6, 6.07) is 4.77. The van der Waals surface area contributed by atoms with Gasteiger partial charge in [-0.3, -0.25) is 4.72 Å². The number of aliphatic hydroxyl groups is 1. The molecular formula is C16H19ClN2O3S2. The minimum Gasteiger partial charge on any atom is -0.389 e. The summed E-state index contributed by atoms with van der Waals surface area (Å²) in [5.41, 5.74) is 0.516. The first kappa shape index (κ1) is 17.7. The highest BCUT2D eigenvalue weighted by Crippen LogP contribution is 2.33.